The normalized spacial score (nSPS) is 15.7. The molecule has 0 saturated heterocycles. The fraction of sp³-hybridized carbons (Fsp3) is 1.00. The van der Waals surface area contributed by atoms with E-state index < -0.39 is 0 Å². The molecule has 0 aliphatic rings. The average Bonchev–Trinajstić information content (AvgIpc) is 1.59. The van der Waals surface area contributed by atoms with Crippen LogP contribution in [-0.2, 0) is 0 Å². The third-order valence-corrected chi connectivity index (χ3v) is 1.68. The zero-order chi connectivity index (χ0) is 7.49. The van der Waals surface area contributed by atoms with Crippen molar-refractivity contribution in [2.24, 2.45) is 5.41 Å². The van der Waals surface area contributed by atoms with E-state index in [0.717, 1.165) is 5.66 Å². The van der Waals surface area contributed by atoms with Crippen LogP contribution in [0, 0.1) is 5.41 Å². The fourth-order valence-electron chi connectivity index (χ4n) is 0.661. The summed E-state index contributed by atoms with van der Waals surface area (Å²) in [5.74, 6) is 0. The van der Waals surface area contributed by atoms with Crippen LogP contribution in [0.25, 0.3) is 0 Å². The molecule has 0 spiro atoms. The first-order chi connectivity index (χ1) is 3.92. The van der Waals surface area contributed by atoms with Crippen molar-refractivity contribution in [3.05, 3.63) is 0 Å². The highest BCUT2D eigenvalue weighted by atomic mass is 31.0. The second-order valence-corrected chi connectivity index (χ2v) is 5.21. The number of hydrogen-bond acceptors (Lipinski definition) is 0. The monoisotopic (exact) mass is 146 g/mol. The molecule has 0 fully saturated rings. The summed E-state index contributed by atoms with van der Waals surface area (Å²) in [5.41, 5.74) is 1.30. The third kappa shape index (κ3) is 8.43. The highest BCUT2D eigenvalue weighted by molar-refractivity contribution is 7.17. The van der Waals surface area contributed by atoms with Gasteiger partial charge in [-0.05, 0) is 23.9 Å². The summed E-state index contributed by atoms with van der Waals surface area (Å²) in [4.78, 5) is 0. The highest BCUT2D eigenvalue weighted by Gasteiger charge is 2.09. The van der Waals surface area contributed by atoms with Crippen LogP contribution in [0.5, 0.6) is 0 Å². The van der Waals surface area contributed by atoms with Crippen molar-refractivity contribution in [1.82, 2.24) is 0 Å². The minimum atomic E-state index is 0.519. The summed E-state index contributed by atoms with van der Waals surface area (Å²) in [6.45, 7) is 9.12. The topological polar surface area (TPSA) is 0 Å². The average molecular weight is 146 g/mol. The third-order valence-electron chi connectivity index (χ3n) is 1.35. The smallest absolute Gasteiger partial charge is 0.0292 e. The van der Waals surface area contributed by atoms with E-state index in [1.54, 1.807) is 0 Å². The van der Waals surface area contributed by atoms with Crippen molar-refractivity contribution in [3.8, 4) is 0 Å². The van der Waals surface area contributed by atoms with Gasteiger partial charge in [-0.1, -0.05) is 27.7 Å². The van der Waals surface area contributed by atoms with Gasteiger partial charge in [0.05, 0.1) is 0 Å². The zero-order valence-electron chi connectivity index (χ0n) is 7.07. The standard InChI is InChI=1S/C8H19P/c1-7(9)5-6-8(2,3)4/h7H,5-6,9H2,1-4H3. The van der Waals surface area contributed by atoms with E-state index in [4.69, 9.17) is 0 Å². The van der Waals surface area contributed by atoms with Crippen molar-refractivity contribution < 1.29 is 0 Å². The van der Waals surface area contributed by atoms with Crippen LogP contribution in [0.15, 0.2) is 0 Å². The summed E-state index contributed by atoms with van der Waals surface area (Å²) < 4.78 is 0. The van der Waals surface area contributed by atoms with Crippen molar-refractivity contribution in [1.29, 1.82) is 0 Å². The van der Waals surface area contributed by atoms with Crippen molar-refractivity contribution in [3.63, 3.8) is 0 Å². The fourth-order valence-corrected chi connectivity index (χ4v) is 0.827. The molecule has 0 rings (SSSR count). The van der Waals surface area contributed by atoms with Crippen LogP contribution in [0.2, 0.25) is 0 Å². The molecule has 0 N–H and O–H groups in total. The van der Waals surface area contributed by atoms with Gasteiger partial charge in [0, 0.05) is 0 Å². The highest BCUT2D eigenvalue weighted by Crippen LogP contribution is 2.23. The summed E-state index contributed by atoms with van der Waals surface area (Å²) in [6, 6.07) is 0. The Kier molecular flexibility index (Phi) is 3.73. The van der Waals surface area contributed by atoms with E-state index in [0.29, 0.717) is 5.41 Å². The Morgan fingerprint density at radius 2 is 1.78 bits per heavy atom. The van der Waals surface area contributed by atoms with E-state index in [9.17, 15) is 0 Å². The molecule has 2 unspecified atom stereocenters. The van der Waals surface area contributed by atoms with Gasteiger partial charge in [-0.15, -0.1) is 9.24 Å². The molecule has 56 valence electrons. The maximum Gasteiger partial charge on any atom is -0.0292 e. The molecule has 0 bridgehead atoms. The maximum atomic E-state index is 2.84. The summed E-state index contributed by atoms with van der Waals surface area (Å²) >= 11 is 0. The van der Waals surface area contributed by atoms with Crippen molar-refractivity contribution in [2.45, 2.75) is 46.2 Å². The van der Waals surface area contributed by atoms with Gasteiger partial charge in [0.1, 0.15) is 0 Å². The van der Waals surface area contributed by atoms with Crippen LogP contribution in [-0.4, -0.2) is 5.66 Å². The molecule has 0 aliphatic carbocycles. The van der Waals surface area contributed by atoms with Crippen molar-refractivity contribution >= 4 is 9.24 Å². The van der Waals surface area contributed by atoms with Gasteiger partial charge < -0.3 is 0 Å². The Hall–Kier alpha value is 0.430. The molecular weight excluding hydrogens is 127 g/mol. The van der Waals surface area contributed by atoms with Gasteiger partial charge in [-0.2, -0.15) is 0 Å². The molecule has 0 aliphatic heterocycles. The first kappa shape index (κ1) is 9.43. The molecule has 0 heterocycles. The van der Waals surface area contributed by atoms with E-state index in [1.807, 2.05) is 0 Å². The lowest BCUT2D eigenvalue weighted by molar-refractivity contribution is 0.365. The van der Waals surface area contributed by atoms with Crippen LogP contribution in [0.4, 0.5) is 0 Å². The summed E-state index contributed by atoms with van der Waals surface area (Å²) in [5, 5.41) is 0. The van der Waals surface area contributed by atoms with E-state index in [2.05, 4.69) is 36.9 Å². The van der Waals surface area contributed by atoms with Gasteiger partial charge in [0.2, 0.25) is 0 Å². The Bertz CT molecular complexity index is 69.1. The molecule has 0 radical (unpaired) electrons. The Morgan fingerprint density at radius 1 is 1.33 bits per heavy atom. The van der Waals surface area contributed by atoms with Gasteiger partial charge >= 0.3 is 0 Å². The van der Waals surface area contributed by atoms with E-state index in [1.165, 1.54) is 12.8 Å². The molecule has 2 atom stereocenters. The predicted molar refractivity (Wildman–Crippen MR) is 47.9 cm³/mol. The molecule has 0 aromatic carbocycles. The molecule has 0 aromatic heterocycles. The van der Waals surface area contributed by atoms with Crippen molar-refractivity contribution in [2.75, 3.05) is 0 Å². The van der Waals surface area contributed by atoms with Crippen LogP contribution in [0.1, 0.15) is 40.5 Å². The summed E-state index contributed by atoms with van der Waals surface area (Å²) in [7, 11) is 2.84. The first-order valence-corrected chi connectivity index (χ1v) is 4.34. The molecule has 0 saturated carbocycles. The molecule has 1 heteroatoms. The second-order valence-electron chi connectivity index (χ2n) is 4.08. The number of hydrogen-bond donors (Lipinski definition) is 0. The van der Waals surface area contributed by atoms with E-state index in [-0.39, 0.29) is 0 Å². The molecule has 0 nitrogen and oxygen atoms in total. The van der Waals surface area contributed by atoms with Crippen LogP contribution >= 0.6 is 9.24 Å². The largest absolute Gasteiger partial charge is 0.135 e. The zero-order valence-corrected chi connectivity index (χ0v) is 8.22. The lowest BCUT2D eigenvalue weighted by Gasteiger charge is -2.18. The molecular formula is C8H19P. The Labute approximate surface area is 61.6 Å². The Balaban J connectivity index is 3.28. The SMILES string of the molecule is CC(P)CCC(C)(C)C. The molecule has 0 amide bonds. The second kappa shape index (κ2) is 3.56. The quantitative estimate of drug-likeness (QED) is 0.525. The summed E-state index contributed by atoms with van der Waals surface area (Å²) in [6.07, 6.45) is 2.66. The molecule has 0 aromatic rings. The molecule has 9 heavy (non-hydrogen) atoms. The Morgan fingerprint density at radius 3 is 1.89 bits per heavy atom. The van der Waals surface area contributed by atoms with Gasteiger partial charge in [-0.25, -0.2) is 0 Å². The van der Waals surface area contributed by atoms with Crippen LogP contribution < -0.4 is 0 Å². The van der Waals surface area contributed by atoms with E-state index >= 15 is 0 Å². The lowest BCUT2D eigenvalue weighted by atomic mass is 9.90. The lowest BCUT2D eigenvalue weighted by Crippen LogP contribution is -2.06. The van der Waals surface area contributed by atoms with Crippen LogP contribution in [0.3, 0.4) is 0 Å². The first-order valence-electron chi connectivity index (χ1n) is 3.67. The van der Waals surface area contributed by atoms with Gasteiger partial charge in [0.25, 0.3) is 0 Å². The van der Waals surface area contributed by atoms with Gasteiger partial charge in [-0.3, -0.25) is 0 Å². The minimum Gasteiger partial charge on any atom is -0.135 e. The number of rotatable bonds is 2. The predicted octanol–water partition coefficient (Wildman–Crippen LogP) is 3.08. The minimum absolute atomic E-state index is 0.519. The maximum absolute atomic E-state index is 2.84. The van der Waals surface area contributed by atoms with Gasteiger partial charge in [0.15, 0.2) is 0 Å².